The Morgan fingerprint density at radius 3 is 2.61 bits per heavy atom. The molecule has 1 aromatic heterocycles. The molecule has 2 amide bonds. The monoisotopic (exact) mass is 331 g/mol. The Balaban J connectivity index is 2.16. The lowest BCUT2D eigenvalue weighted by molar-refractivity contribution is -0.120. The summed E-state index contributed by atoms with van der Waals surface area (Å²) < 4.78 is 0. The molecule has 0 radical (unpaired) electrons. The SMILES string of the molecule is CCCCc1nc(C)c(C(=O)N[C@H](C(N)=O)c2ccccc2)s1. The van der Waals surface area contributed by atoms with E-state index < -0.39 is 11.9 Å². The highest BCUT2D eigenvalue weighted by Crippen LogP contribution is 2.21. The summed E-state index contributed by atoms with van der Waals surface area (Å²) in [5, 5.41) is 3.67. The molecule has 0 bridgehead atoms. The van der Waals surface area contributed by atoms with Gasteiger partial charge in [-0.1, -0.05) is 43.7 Å². The van der Waals surface area contributed by atoms with Gasteiger partial charge in [-0.2, -0.15) is 0 Å². The standard InChI is InChI=1S/C17H21N3O2S/c1-3-4-10-13-19-11(2)15(23-13)17(22)20-14(16(18)21)12-8-6-5-7-9-12/h5-9,14H,3-4,10H2,1-2H3,(H2,18,21)(H,20,22)/t14-/m0/s1. The van der Waals surface area contributed by atoms with E-state index in [9.17, 15) is 9.59 Å². The van der Waals surface area contributed by atoms with E-state index >= 15 is 0 Å². The molecule has 0 unspecified atom stereocenters. The van der Waals surface area contributed by atoms with E-state index in [-0.39, 0.29) is 5.91 Å². The van der Waals surface area contributed by atoms with Crippen molar-refractivity contribution >= 4 is 23.2 Å². The summed E-state index contributed by atoms with van der Waals surface area (Å²) in [5.41, 5.74) is 6.80. The van der Waals surface area contributed by atoms with Crippen molar-refractivity contribution in [2.24, 2.45) is 5.73 Å². The molecule has 0 spiro atoms. The topological polar surface area (TPSA) is 85.1 Å². The second kappa shape index (κ2) is 7.87. The summed E-state index contributed by atoms with van der Waals surface area (Å²) in [7, 11) is 0. The van der Waals surface area contributed by atoms with Crippen molar-refractivity contribution in [2.45, 2.75) is 39.2 Å². The summed E-state index contributed by atoms with van der Waals surface area (Å²) in [6.07, 6.45) is 2.99. The highest BCUT2D eigenvalue weighted by molar-refractivity contribution is 7.13. The van der Waals surface area contributed by atoms with Crippen LogP contribution in [0.15, 0.2) is 30.3 Å². The average molecular weight is 331 g/mol. The molecule has 6 heteroatoms. The van der Waals surface area contributed by atoms with Crippen molar-refractivity contribution < 1.29 is 9.59 Å². The average Bonchev–Trinajstić information content (AvgIpc) is 2.92. The third-order valence-electron chi connectivity index (χ3n) is 3.48. The first-order valence-corrected chi connectivity index (χ1v) is 8.46. The molecule has 0 aliphatic rings. The molecule has 2 rings (SSSR count). The number of nitrogens with one attached hydrogen (secondary N) is 1. The van der Waals surface area contributed by atoms with E-state index in [0.29, 0.717) is 16.1 Å². The predicted molar refractivity (Wildman–Crippen MR) is 91.3 cm³/mol. The van der Waals surface area contributed by atoms with Crippen molar-refractivity contribution in [1.82, 2.24) is 10.3 Å². The maximum absolute atomic E-state index is 12.5. The largest absolute Gasteiger partial charge is 0.368 e. The van der Waals surface area contributed by atoms with Gasteiger partial charge < -0.3 is 11.1 Å². The third kappa shape index (κ3) is 4.39. The van der Waals surface area contributed by atoms with Crippen molar-refractivity contribution in [1.29, 1.82) is 0 Å². The zero-order chi connectivity index (χ0) is 16.8. The van der Waals surface area contributed by atoms with Gasteiger partial charge >= 0.3 is 0 Å². The lowest BCUT2D eigenvalue weighted by Crippen LogP contribution is -2.37. The fraction of sp³-hybridized carbons (Fsp3) is 0.353. The summed E-state index contributed by atoms with van der Waals surface area (Å²) in [6, 6.07) is 8.14. The van der Waals surface area contributed by atoms with Crippen LogP contribution in [0.5, 0.6) is 0 Å². The molecule has 1 heterocycles. The van der Waals surface area contributed by atoms with Crippen LogP contribution in [0.1, 0.15) is 51.7 Å². The van der Waals surface area contributed by atoms with Crippen molar-refractivity contribution in [3.05, 3.63) is 51.5 Å². The molecular formula is C17H21N3O2S. The number of hydrogen-bond donors (Lipinski definition) is 2. The molecule has 0 aliphatic carbocycles. The van der Waals surface area contributed by atoms with Crippen LogP contribution in [0, 0.1) is 6.92 Å². The first-order valence-electron chi connectivity index (χ1n) is 7.64. The van der Waals surface area contributed by atoms with Gasteiger partial charge in [0, 0.05) is 0 Å². The number of thiazole rings is 1. The number of carbonyl (C=O) groups excluding carboxylic acids is 2. The maximum atomic E-state index is 12.5. The van der Waals surface area contributed by atoms with Crippen molar-refractivity contribution in [3.63, 3.8) is 0 Å². The number of rotatable bonds is 7. The minimum Gasteiger partial charge on any atom is -0.368 e. The number of aromatic nitrogens is 1. The van der Waals surface area contributed by atoms with Gasteiger partial charge in [-0.15, -0.1) is 11.3 Å². The lowest BCUT2D eigenvalue weighted by Gasteiger charge is -2.15. The number of benzene rings is 1. The number of amides is 2. The molecule has 23 heavy (non-hydrogen) atoms. The van der Waals surface area contributed by atoms with Gasteiger partial charge in [0.25, 0.3) is 5.91 Å². The van der Waals surface area contributed by atoms with Gasteiger partial charge in [0.15, 0.2) is 0 Å². The summed E-state index contributed by atoms with van der Waals surface area (Å²) in [4.78, 5) is 29.2. The van der Waals surface area contributed by atoms with E-state index in [4.69, 9.17) is 5.73 Å². The number of aryl methyl sites for hydroxylation is 2. The third-order valence-corrected chi connectivity index (χ3v) is 4.70. The number of nitrogens with zero attached hydrogens (tertiary/aromatic N) is 1. The Bertz CT molecular complexity index is 682. The first-order chi connectivity index (χ1) is 11.0. The summed E-state index contributed by atoms with van der Waals surface area (Å²) in [5.74, 6) is -0.895. The van der Waals surface area contributed by atoms with E-state index in [0.717, 1.165) is 24.3 Å². The number of unbranched alkanes of at least 4 members (excludes halogenated alkanes) is 1. The Morgan fingerprint density at radius 1 is 1.30 bits per heavy atom. The Kier molecular flexibility index (Phi) is 5.87. The zero-order valence-corrected chi connectivity index (χ0v) is 14.2. The molecule has 0 saturated carbocycles. The van der Waals surface area contributed by atoms with Gasteiger partial charge in [-0.25, -0.2) is 4.98 Å². The Labute approximate surface area is 139 Å². The molecule has 1 aromatic carbocycles. The van der Waals surface area contributed by atoms with Gasteiger partial charge in [-0.05, 0) is 25.3 Å². The molecule has 0 fully saturated rings. The minimum atomic E-state index is -0.843. The van der Waals surface area contributed by atoms with Crippen LogP contribution in [0.25, 0.3) is 0 Å². The lowest BCUT2D eigenvalue weighted by atomic mass is 10.1. The Morgan fingerprint density at radius 2 is 2.00 bits per heavy atom. The molecule has 5 nitrogen and oxygen atoms in total. The fourth-order valence-electron chi connectivity index (χ4n) is 2.26. The molecule has 122 valence electrons. The van der Waals surface area contributed by atoms with Crippen LogP contribution in [-0.2, 0) is 11.2 Å². The molecular weight excluding hydrogens is 310 g/mol. The molecule has 2 aromatic rings. The van der Waals surface area contributed by atoms with Crippen LogP contribution < -0.4 is 11.1 Å². The molecule has 1 atom stereocenters. The van der Waals surface area contributed by atoms with E-state index in [1.807, 2.05) is 13.0 Å². The van der Waals surface area contributed by atoms with Crippen molar-refractivity contribution in [2.75, 3.05) is 0 Å². The highest BCUT2D eigenvalue weighted by Gasteiger charge is 2.23. The fourth-order valence-corrected chi connectivity index (χ4v) is 3.27. The second-order valence-corrected chi connectivity index (χ2v) is 6.43. The normalized spacial score (nSPS) is 11.9. The van der Waals surface area contributed by atoms with Gasteiger partial charge in [0.1, 0.15) is 10.9 Å². The van der Waals surface area contributed by atoms with Crippen LogP contribution in [0.4, 0.5) is 0 Å². The minimum absolute atomic E-state index is 0.310. The Hall–Kier alpha value is -2.21. The summed E-state index contributed by atoms with van der Waals surface area (Å²) in [6.45, 7) is 3.92. The van der Waals surface area contributed by atoms with Gasteiger partial charge in [0.2, 0.25) is 5.91 Å². The van der Waals surface area contributed by atoms with Gasteiger partial charge in [-0.3, -0.25) is 9.59 Å². The second-order valence-electron chi connectivity index (χ2n) is 5.35. The zero-order valence-electron chi connectivity index (χ0n) is 13.3. The molecule has 3 N–H and O–H groups in total. The van der Waals surface area contributed by atoms with Crippen LogP contribution in [0.3, 0.4) is 0 Å². The van der Waals surface area contributed by atoms with Crippen LogP contribution >= 0.6 is 11.3 Å². The molecule has 0 aliphatic heterocycles. The number of hydrogen-bond acceptors (Lipinski definition) is 4. The van der Waals surface area contributed by atoms with Crippen molar-refractivity contribution in [3.8, 4) is 0 Å². The summed E-state index contributed by atoms with van der Waals surface area (Å²) >= 11 is 1.38. The number of nitrogens with two attached hydrogens (primary N) is 1. The van der Waals surface area contributed by atoms with Crippen LogP contribution in [-0.4, -0.2) is 16.8 Å². The number of primary amides is 1. The van der Waals surface area contributed by atoms with E-state index in [1.165, 1.54) is 11.3 Å². The van der Waals surface area contributed by atoms with E-state index in [2.05, 4.69) is 17.2 Å². The first kappa shape index (κ1) is 17.1. The maximum Gasteiger partial charge on any atom is 0.264 e. The smallest absolute Gasteiger partial charge is 0.264 e. The van der Waals surface area contributed by atoms with Crippen LogP contribution in [0.2, 0.25) is 0 Å². The van der Waals surface area contributed by atoms with Gasteiger partial charge in [0.05, 0.1) is 10.7 Å². The highest BCUT2D eigenvalue weighted by atomic mass is 32.1. The quantitative estimate of drug-likeness (QED) is 0.818. The number of carbonyl (C=O) groups is 2. The van der Waals surface area contributed by atoms with E-state index in [1.54, 1.807) is 24.3 Å². The molecule has 0 saturated heterocycles. The predicted octanol–water partition coefficient (Wildman–Crippen LogP) is 2.75.